The van der Waals surface area contributed by atoms with Crippen molar-refractivity contribution >= 4 is 0 Å². The van der Waals surface area contributed by atoms with Gasteiger partial charge in [-0.3, -0.25) is 0 Å². The molecule has 0 amide bonds. The molecule has 2 heteroatoms. The molecule has 0 radical (unpaired) electrons. The Kier molecular flexibility index (Phi) is 5.27. The van der Waals surface area contributed by atoms with Crippen LogP contribution in [-0.2, 0) is 4.74 Å². The molecule has 0 aromatic carbocycles. The Bertz CT molecular complexity index is 284. The lowest BCUT2D eigenvalue weighted by molar-refractivity contribution is -0.202. The molecular formula is C19H34O2. The summed E-state index contributed by atoms with van der Waals surface area (Å²) in [6.07, 6.45) is 13.9. The van der Waals surface area contributed by atoms with Crippen LogP contribution < -0.4 is 0 Å². The molecule has 1 saturated heterocycles. The summed E-state index contributed by atoms with van der Waals surface area (Å²) in [5.41, 5.74) is 0. The SMILES string of the molecule is C[C@@H]1C(O)[C@@H](C)[C@H](C2CCCCC2)O[C@@H]1C1CCCCC1. The molecule has 0 aromatic heterocycles. The van der Waals surface area contributed by atoms with E-state index >= 15 is 0 Å². The van der Waals surface area contributed by atoms with Crippen LogP contribution >= 0.6 is 0 Å². The summed E-state index contributed by atoms with van der Waals surface area (Å²) < 4.78 is 6.70. The normalized spacial score (nSPS) is 43.9. The second-order valence-corrected chi connectivity index (χ2v) is 8.07. The van der Waals surface area contributed by atoms with Crippen LogP contribution in [-0.4, -0.2) is 23.4 Å². The molecule has 2 saturated carbocycles. The summed E-state index contributed by atoms with van der Waals surface area (Å²) in [6, 6.07) is 0. The maximum absolute atomic E-state index is 10.8. The van der Waals surface area contributed by atoms with Crippen LogP contribution in [0.3, 0.4) is 0 Å². The highest BCUT2D eigenvalue weighted by Gasteiger charge is 2.46. The van der Waals surface area contributed by atoms with Crippen molar-refractivity contribution in [2.45, 2.75) is 96.4 Å². The topological polar surface area (TPSA) is 29.5 Å². The van der Waals surface area contributed by atoms with E-state index in [1.165, 1.54) is 64.2 Å². The zero-order chi connectivity index (χ0) is 14.8. The fraction of sp³-hybridized carbons (Fsp3) is 1.00. The van der Waals surface area contributed by atoms with Gasteiger partial charge in [0, 0.05) is 11.8 Å². The molecule has 2 nitrogen and oxygen atoms in total. The molecule has 1 heterocycles. The Morgan fingerprint density at radius 1 is 0.667 bits per heavy atom. The van der Waals surface area contributed by atoms with E-state index in [1.807, 2.05) is 0 Å². The van der Waals surface area contributed by atoms with Gasteiger partial charge in [-0.15, -0.1) is 0 Å². The molecule has 0 bridgehead atoms. The van der Waals surface area contributed by atoms with E-state index in [4.69, 9.17) is 4.74 Å². The van der Waals surface area contributed by atoms with E-state index < -0.39 is 0 Å². The first kappa shape index (κ1) is 15.8. The van der Waals surface area contributed by atoms with Crippen LogP contribution in [0.2, 0.25) is 0 Å². The lowest BCUT2D eigenvalue weighted by Gasteiger charge is -2.49. The van der Waals surface area contributed by atoms with Crippen molar-refractivity contribution in [1.29, 1.82) is 0 Å². The molecule has 0 spiro atoms. The summed E-state index contributed by atoms with van der Waals surface area (Å²) in [5, 5.41) is 10.8. The Hall–Kier alpha value is -0.0800. The highest BCUT2D eigenvalue weighted by Crippen LogP contribution is 2.43. The van der Waals surface area contributed by atoms with Gasteiger partial charge in [0.05, 0.1) is 18.3 Å². The molecule has 0 aromatic rings. The standard InChI is InChI=1S/C19H34O2/c1-13-17(20)14(2)19(16-11-7-4-8-12-16)21-18(13)15-9-5-3-6-10-15/h13-20H,3-12H2,1-2H3/t13-,14-,17?,18-,19+/m1/s1. The van der Waals surface area contributed by atoms with Crippen molar-refractivity contribution in [1.82, 2.24) is 0 Å². The number of hydrogen-bond donors (Lipinski definition) is 1. The average Bonchev–Trinajstić information content (AvgIpc) is 2.55. The second-order valence-electron chi connectivity index (χ2n) is 8.07. The summed E-state index contributed by atoms with van der Waals surface area (Å²) in [6.45, 7) is 4.44. The first-order chi connectivity index (χ1) is 10.2. The largest absolute Gasteiger partial charge is 0.392 e. The third kappa shape index (κ3) is 3.32. The Morgan fingerprint density at radius 3 is 1.43 bits per heavy atom. The summed E-state index contributed by atoms with van der Waals surface area (Å²) in [5.74, 6) is 2.01. The predicted molar refractivity (Wildman–Crippen MR) is 86.1 cm³/mol. The van der Waals surface area contributed by atoms with Gasteiger partial charge in [-0.05, 0) is 37.5 Å². The minimum atomic E-state index is -0.169. The molecular weight excluding hydrogens is 260 g/mol. The van der Waals surface area contributed by atoms with Crippen LogP contribution in [0, 0.1) is 23.7 Å². The Balaban J connectivity index is 1.71. The molecule has 1 aliphatic heterocycles. The van der Waals surface area contributed by atoms with Gasteiger partial charge in [-0.25, -0.2) is 0 Å². The molecule has 3 fully saturated rings. The zero-order valence-electron chi connectivity index (χ0n) is 14.0. The van der Waals surface area contributed by atoms with Crippen LogP contribution in [0.15, 0.2) is 0 Å². The van der Waals surface area contributed by atoms with E-state index in [1.54, 1.807) is 0 Å². The zero-order valence-corrected chi connectivity index (χ0v) is 14.0. The average molecular weight is 294 g/mol. The van der Waals surface area contributed by atoms with E-state index in [9.17, 15) is 5.11 Å². The van der Waals surface area contributed by atoms with E-state index in [0.717, 1.165) is 0 Å². The lowest BCUT2D eigenvalue weighted by atomic mass is 9.70. The minimum Gasteiger partial charge on any atom is -0.392 e. The smallest absolute Gasteiger partial charge is 0.0657 e. The van der Waals surface area contributed by atoms with E-state index in [2.05, 4.69) is 13.8 Å². The summed E-state index contributed by atoms with van der Waals surface area (Å²) in [4.78, 5) is 0. The van der Waals surface area contributed by atoms with E-state index in [-0.39, 0.29) is 6.10 Å². The van der Waals surface area contributed by atoms with Crippen LogP contribution in [0.1, 0.15) is 78.1 Å². The first-order valence-electron chi connectivity index (χ1n) is 9.52. The highest BCUT2D eigenvalue weighted by atomic mass is 16.5. The minimum absolute atomic E-state index is 0.169. The van der Waals surface area contributed by atoms with Crippen molar-refractivity contribution < 1.29 is 9.84 Å². The van der Waals surface area contributed by atoms with Crippen LogP contribution in [0.25, 0.3) is 0 Å². The molecule has 1 unspecified atom stereocenters. The van der Waals surface area contributed by atoms with Crippen molar-refractivity contribution in [3.8, 4) is 0 Å². The third-order valence-corrected chi connectivity index (χ3v) is 6.66. The molecule has 21 heavy (non-hydrogen) atoms. The van der Waals surface area contributed by atoms with Gasteiger partial charge in [0.25, 0.3) is 0 Å². The number of aliphatic hydroxyl groups is 1. The molecule has 122 valence electrons. The van der Waals surface area contributed by atoms with Crippen molar-refractivity contribution in [2.24, 2.45) is 23.7 Å². The highest BCUT2D eigenvalue weighted by molar-refractivity contribution is 4.94. The fourth-order valence-electron chi connectivity index (χ4n) is 5.30. The number of rotatable bonds is 2. The van der Waals surface area contributed by atoms with E-state index in [0.29, 0.717) is 35.9 Å². The summed E-state index contributed by atoms with van der Waals surface area (Å²) in [7, 11) is 0. The van der Waals surface area contributed by atoms with Crippen molar-refractivity contribution in [3.05, 3.63) is 0 Å². The van der Waals surface area contributed by atoms with Crippen molar-refractivity contribution in [2.75, 3.05) is 0 Å². The summed E-state index contributed by atoms with van der Waals surface area (Å²) >= 11 is 0. The number of hydrogen-bond acceptors (Lipinski definition) is 2. The van der Waals surface area contributed by atoms with Crippen molar-refractivity contribution in [3.63, 3.8) is 0 Å². The maximum atomic E-state index is 10.8. The molecule has 1 N–H and O–H groups in total. The fourth-order valence-corrected chi connectivity index (χ4v) is 5.30. The monoisotopic (exact) mass is 294 g/mol. The molecule has 2 aliphatic carbocycles. The Morgan fingerprint density at radius 2 is 1.05 bits per heavy atom. The Labute approximate surface area is 130 Å². The van der Waals surface area contributed by atoms with Gasteiger partial charge in [-0.1, -0.05) is 52.4 Å². The van der Waals surface area contributed by atoms with Gasteiger partial charge < -0.3 is 9.84 Å². The third-order valence-electron chi connectivity index (χ3n) is 6.66. The van der Waals surface area contributed by atoms with Gasteiger partial charge in [0.15, 0.2) is 0 Å². The molecule has 3 rings (SSSR count). The lowest BCUT2D eigenvalue weighted by Crippen LogP contribution is -2.54. The molecule has 5 atom stereocenters. The van der Waals surface area contributed by atoms with Gasteiger partial charge in [-0.2, -0.15) is 0 Å². The first-order valence-corrected chi connectivity index (χ1v) is 9.52. The van der Waals surface area contributed by atoms with Gasteiger partial charge in [0.1, 0.15) is 0 Å². The van der Waals surface area contributed by atoms with Crippen LogP contribution in [0.5, 0.6) is 0 Å². The van der Waals surface area contributed by atoms with Gasteiger partial charge in [0.2, 0.25) is 0 Å². The maximum Gasteiger partial charge on any atom is 0.0657 e. The quantitative estimate of drug-likeness (QED) is 0.809. The number of aliphatic hydroxyl groups excluding tert-OH is 1. The number of ether oxygens (including phenoxy) is 1. The predicted octanol–water partition coefficient (Wildman–Crippen LogP) is 4.55. The molecule has 3 aliphatic rings. The van der Waals surface area contributed by atoms with Crippen LogP contribution in [0.4, 0.5) is 0 Å². The second kappa shape index (κ2) is 7.00. The van der Waals surface area contributed by atoms with Gasteiger partial charge >= 0.3 is 0 Å².